The number of nitriles is 1. The zero-order chi connectivity index (χ0) is 18.1. The molecule has 0 saturated carbocycles. The van der Waals surface area contributed by atoms with Crippen molar-refractivity contribution in [3.8, 4) is 6.07 Å². The summed E-state index contributed by atoms with van der Waals surface area (Å²) in [6.07, 6.45) is -0.330. The predicted octanol–water partition coefficient (Wildman–Crippen LogP) is 5.11. The fourth-order valence-corrected chi connectivity index (χ4v) is 4.49. The van der Waals surface area contributed by atoms with Gasteiger partial charge in [0.25, 0.3) is 0 Å². The number of hydrogen-bond donors (Lipinski definition) is 0. The maximum atomic E-state index is 14.0. The highest BCUT2D eigenvalue weighted by Crippen LogP contribution is 2.65. The van der Waals surface area contributed by atoms with Gasteiger partial charge in [-0.25, -0.2) is 4.39 Å². The van der Waals surface area contributed by atoms with Gasteiger partial charge in [-0.05, 0) is 31.0 Å². The maximum absolute atomic E-state index is 14.0. The van der Waals surface area contributed by atoms with Gasteiger partial charge in [-0.3, -0.25) is 0 Å². The number of allylic oxidation sites excluding steroid dienone is 1. The third kappa shape index (κ3) is 1.89. The molecule has 0 fully saturated rings. The number of benzene rings is 1. The van der Waals surface area contributed by atoms with Gasteiger partial charge >= 0.3 is 17.8 Å². The van der Waals surface area contributed by atoms with Gasteiger partial charge < -0.3 is 0 Å². The third-order valence-electron chi connectivity index (χ3n) is 4.19. The number of rotatable bonds is 1. The van der Waals surface area contributed by atoms with Gasteiger partial charge in [-0.2, -0.15) is 31.6 Å². The van der Waals surface area contributed by atoms with Gasteiger partial charge in [0.2, 0.25) is 0 Å². The molecule has 1 aromatic carbocycles. The number of nitrogens with zero attached hydrogens (tertiary/aromatic N) is 1. The molecular formula is C15H8F7NS. The smallest absolute Gasteiger partial charge is 0.205 e. The number of halogens is 7. The molecule has 0 aromatic heterocycles. The maximum Gasteiger partial charge on any atom is 0.382 e. The Morgan fingerprint density at radius 3 is 2.21 bits per heavy atom. The molecule has 0 spiro atoms. The SMILES string of the molecule is CC1(C2=C(F)C(F)(F)C(F)(F)C2(F)F)Cc2ccc(C#N)cc2S1. The van der Waals surface area contributed by atoms with Crippen LogP contribution in [0.5, 0.6) is 0 Å². The van der Waals surface area contributed by atoms with E-state index in [4.69, 9.17) is 5.26 Å². The molecule has 2 aliphatic rings. The summed E-state index contributed by atoms with van der Waals surface area (Å²) in [5.74, 6) is -19.5. The van der Waals surface area contributed by atoms with Crippen LogP contribution in [-0.4, -0.2) is 22.5 Å². The molecule has 1 heterocycles. The second kappa shape index (κ2) is 4.69. The molecule has 1 aliphatic carbocycles. The van der Waals surface area contributed by atoms with E-state index in [9.17, 15) is 30.7 Å². The van der Waals surface area contributed by atoms with Crippen molar-refractivity contribution in [3.63, 3.8) is 0 Å². The molecule has 128 valence electrons. The molecule has 0 N–H and O–H groups in total. The Kier molecular flexibility index (Phi) is 3.35. The van der Waals surface area contributed by atoms with Crippen molar-refractivity contribution in [2.24, 2.45) is 0 Å². The minimum atomic E-state index is -5.84. The van der Waals surface area contributed by atoms with Crippen LogP contribution in [-0.2, 0) is 6.42 Å². The van der Waals surface area contributed by atoms with Crippen molar-refractivity contribution in [3.05, 3.63) is 40.7 Å². The summed E-state index contributed by atoms with van der Waals surface area (Å²) in [6.45, 7) is 1.02. The van der Waals surface area contributed by atoms with Gasteiger partial charge in [0.15, 0.2) is 5.83 Å². The zero-order valence-corrected chi connectivity index (χ0v) is 12.8. The molecule has 1 nitrogen and oxygen atoms in total. The molecule has 0 radical (unpaired) electrons. The summed E-state index contributed by atoms with van der Waals surface area (Å²) < 4.78 is 93.6. The molecule has 3 rings (SSSR count). The van der Waals surface area contributed by atoms with Crippen molar-refractivity contribution in [1.82, 2.24) is 0 Å². The van der Waals surface area contributed by atoms with Crippen molar-refractivity contribution < 1.29 is 30.7 Å². The second-order valence-electron chi connectivity index (χ2n) is 5.86. The first-order chi connectivity index (χ1) is 10.9. The van der Waals surface area contributed by atoms with E-state index in [-0.39, 0.29) is 12.0 Å². The largest absolute Gasteiger partial charge is 0.382 e. The minimum Gasteiger partial charge on any atom is -0.205 e. The van der Waals surface area contributed by atoms with Crippen LogP contribution >= 0.6 is 11.8 Å². The van der Waals surface area contributed by atoms with Crippen LogP contribution in [0.2, 0.25) is 0 Å². The third-order valence-corrected chi connectivity index (χ3v) is 5.58. The summed E-state index contributed by atoms with van der Waals surface area (Å²) in [5.41, 5.74) is -1.30. The van der Waals surface area contributed by atoms with Crippen LogP contribution in [0.25, 0.3) is 0 Å². The monoisotopic (exact) mass is 367 g/mol. The average Bonchev–Trinajstić information content (AvgIpc) is 2.85. The highest BCUT2D eigenvalue weighted by Gasteiger charge is 2.83. The van der Waals surface area contributed by atoms with Crippen LogP contribution in [0, 0.1) is 11.3 Å². The summed E-state index contributed by atoms with van der Waals surface area (Å²) in [7, 11) is 0. The molecule has 0 amide bonds. The number of alkyl halides is 6. The molecular weight excluding hydrogens is 359 g/mol. The van der Waals surface area contributed by atoms with Gasteiger partial charge in [0, 0.05) is 4.90 Å². The zero-order valence-electron chi connectivity index (χ0n) is 11.9. The van der Waals surface area contributed by atoms with Crippen molar-refractivity contribution >= 4 is 11.8 Å². The van der Waals surface area contributed by atoms with Gasteiger partial charge in [0.05, 0.1) is 22.0 Å². The lowest BCUT2D eigenvalue weighted by Crippen LogP contribution is -2.50. The van der Waals surface area contributed by atoms with Crippen LogP contribution in [0.1, 0.15) is 18.1 Å². The first-order valence-corrected chi connectivity index (χ1v) is 7.47. The average molecular weight is 367 g/mol. The fraction of sp³-hybridized carbons (Fsp3) is 0.400. The van der Waals surface area contributed by atoms with E-state index in [1.54, 1.807) is 0 Å². The minimum absolute atomic E-state index is 0.189. The standard InChI is InChI=1S/C15H8F7NS/c1-12(5-8-3-2-7(6-23)4-9(8)24-12)10-11(16)14(19,20)15(21,22)13(10,17)18/h2-4H,5H2,1H3. The topological polar surface area (TPSA) is 23.8 Å². The van der Waals surface area contributed by atoms with Crippen LogP contribution in [0.15, 0.2) is 34.5 Å². The van der Waals surface area contributed by atoms with Gasteiger partial charge in [-0.1, -0.05) is 6.07 Å². The van der Waals surface area contributed by atoms with Crippen molar-refractivity contribution in [2.75, 3.05) is 0 Å². The Labute approximate surface area is 136 Å². The van der Waals surface area contributed by atoms with Crippen LogP contribution in [0.4, 0.5) is 30.7 Å². The quantitative estimate of drug-likeness (QED) is 0.644. The van der Waals surface area contributed by atoms with Crippen LogP contribution in [0.3, 0.4) is 0 Å². The Bertz CT molecular complexity index is 809. The lowest BCUT2D eigenvalue weighted by Gasteiger charge is -2.31. The first-order valence-electron chi connectivity index (χ1n) is 6.65. The summed E-state index contributed by atoms with van der Waals surface area (Å²) in [4.78, 5) is 0.297. The van der Waals surface area contributed by atoms with E-state index < -0.39 is 33.9 Å². The summed E-state index contributed by atoms with van der Waals surface area (Å²) in [5, 5.41) is 8.83. The number of thioether (sulfide) groups is 1. The van der Waals surface area contributed by atoms with E-state index in [1.807, 2.05) is 6.07 Å². The van der Waals surface area contributed by atoms with Crippen molar-refractivity contribution in [1.29, 1.82) is 5.26 Å². The summed E-state index contributed by atoms with van der Waals surface area (Å²) in [6, 6.07) is 5.94. The van der Waals surface area contributed by atoms with E-state index in [2.05, 4.69) is 0 Å². The first kappa shape index (κ1) is 17.1. The Morgan fingerprint density at radius 2 is 1.71 bits per heavy atom. The highest BCUT2D eigenvalue weighted by molar-refractivity contribution is 8.01. The van der Waals surface area contributed by atoms with Crippen LogP contribution < -0.4 is 0 Å². The van der Waals surface area contributed by atoms with Gasteiger partial charge in [-0.15, -0.1) is 11.8 Å². The molecule has 1 aliphatic heterocycles. The highest BCUT2D eigenvalue weighted by atomic mass is 32.2. The summed E-state index contributed by atoms with van der Waals surface area (Å²) >= 11 is 0.577. The van der Waals surface area contributed by atoms with E-state index in [0.717, 1.165) is 6.92 Å². The molecule has 0 bridgehead atoms. The Hall–Kier alpha value is -1.69. The second-order valence-corrected chi connectivity index (χ2v) is 7.40. The lowest BCUT2D eigenvalue weighted by atomic mass is 9.89. The predicted molar refractivity (Wildman–Crippen MR) is 72.1 cm³/mol. The number of fused-ring (bicyclic) bond motifs is 1. The molecule has 24 heavy (non-hydrogen) atoms. The Balaban J connectivity index is 2.13. The van der Waals surface area contributed by atoms with Crippen molar-refractivity contribution in [2.45, 2.75) is 40.8 Å². The lowest BCUT2D eigenvalue weighted by molar-refractivity contribution is -0.268. The molecule has 1 unspecified atom stereocenters. The van der Waals surface area contributed by atoms with Gasteiger partial charge in [0.1, 0.15) is 0 Å². The van der Waals surface area contributed by atoms with E-state index in [0.29, 0.717) is 22.2 Å². The normalized spacial score (nSPS) is 29.5. The van der Waals surface area contributed by atoms with E-state index in [1.165, 1.54) is 18.2 Å². The number of hydrogen-bond acceptors (Lipinski definition) is 2. The molecule has 1 aromatic rings. The molecule has 0 saturated heterocycles. The Morgan fingerprint density at radius 1 is 1.08 bits per heavy atom. The molecule has 1 atom stereocenters. The molecule has 9 heteroatoms. The van der Waals surface area contributed by atoms with E-state index >= 15 is 0 Å². The fourth-order valence-electron chi connectivity index (χ4n) is 3.00.